The molecule has 1 N–H and O–H groups in total. The van der Waals surface area contributed by atoms with Crippen molar-refractivity contribution in [3.05, 3.63) is 54.1 Å². The van der Waals surface area contributed by atoms with Crippen LogP contribution < -0.4 is 19.7 Å². The zero-order valence-electron chi connectivity index (χ0n) is 16.7. The van der Waals surface area contributed by atoms with Gasteiger partial charge >= 0.3 is 6.03 Å². The maximum atomic E-state index is 12.4. The van der Waals surface area contributed by atoms with Crippen molar-refractivity contribution in [1.29, 1.82) is 0 Å². The fourth-order valence-electron chi connectivity index (χ4n) is 3.31. The molecule has 0 radical (unpaired) electrons. The fraction of sp³-hybridized carbons (Fsp3) is 0.409. The van der Waals surface area contributed by atoms with Gasteiger partial charge in [0.25, 0.3) is 0 Å². The van der Waals surface area contributed by atoms with E-state index in [1.54, 1.807) is 7.11 Å². The molecule has 0 bridgehead atoms. The van der Waals surface area contributed by atoms with Crippen LogP contribution in [-0.4, -0.2) is 57.4 Å². The Bertz CT molecular complexity index is 739. The zero-order valence-corrected chi connectivity index (χ0v) is 16.7. The third-order valence-corrected chi connectivity index (χ3v) is 4.93. The highest BCUT2D eigenvalue weighted by Crippen LogP contribution is 2.20. The van der Waals surface area contributed by atoms with Crippen molar-refractivity contribution in [3.63, 3.8) is 0 Å². The zero-order chi connectivity index (χ0) is 19.8. The van der Waals surface area contributed by atoms with Gasteiger partial charge in [-0.1, -0.05) is 12.1 Å². The van der Waals surface area contributed by atoms with Gasteiger partial charge in [0.1, 0.15) is 11.5 Å². The predicted molar refractivity (Wildman–Crippen MR) is 111 cm³/mol. The molecule has 0 atom stereocenters. The molecule has 1 fully saturated rings. The normalized spacial score (nSPS) is 13.9. The van der Waals surface area contributed by atoms with Crippen LogP contribution in [0, 0.1) is 0 Å². The van der Waals surface area contributed by atoms with Gasteiger partial charge in [-0.25, -0.2) is 4.79 Å². The number of anilines is 1. The van der Waals surface area contributed by atoms with Crippen molar-refractivity contribution < 1.29 is 14.3 Å². The molecular formula is C22H29N3O3. The van der Waals surface area contributed by atoms with Crippen LogP contribution in [-0.2, 0) is 6.42 Å². The summed E-state index contributed by atoms with van der Waals surface area (Å²) in [5.74, 6) is 1.74. The van der Waals surface area contributed by atoms with E-state index < -0.39 is 0 Å². The summed E-state index contributed by atoms with van der Waals surface area (Å²) in [5, 5.41) is 3.03. The lowest BCUT2D eigenvalue weighted by Gasteiger charge is -2.36. The summed E-state index contributed by atoms with van der Waals surface area (Å²) in [6, 6.07) is 16.1. The van der Waals surface area contributed by atoms with E-state index in [9.17, 15) is 4.79 Å². The Morgan fingerprint density at radius 1 is 0.964 bits per heavy atom. The molecule has 6 heteroatoms. The summed E-state index contributed by atoms with van der Waals surface area (Å²) < 4.78 is 10.7. The van der Waals surface area contributed by atoms with Gasteiger partial charge in [0.15, 0.2) is 0 Å². The van der Waals surface area contributed by atoms with Crippen LogP contribution in [0.2, 0.25) is 0 Å². The van der Waals surface area contributed by atoms with Gasteiger partial charge in [-0.2, -0.15) is 0 Å². The van der Waals surface area contributed by atoms with Crippen molar-refractivity contribution in [2.45, 2.75) is 13.3 Å². The van der Waals surface area contributed by atoms with E-state index >= 15 is 0 Å². The lowest BCUT2D eigenvalue weighted by Crippen LogP contribution is -2.52. The molecule has 150 valence electrons. The van der Waals surface area contributed by atoms with Crippen LogP contribution in [0.25, 0.3) is 0 Å². The molecule has 0 aromatic heterocycles. The Balaban J connectivity index is 1.40. The van der Waals surface area contributed by atoms with E-state index in [0.29, 0.717) is 13.2 Å². The number of carbonyl (C=O) groups is 1. The molecule has 0 spiro atoms. The fourth-order valence-corrected chi connectivity index (χ4v) is 3.31. The Morgan fingerprint density at radius 2 is 1.61 bits per heavy atom. The number of piperazine rings is 1. The average molecular weight is 383 g/mol. The number of nitrogens with one attached hydrogen (secondary N) is 1. The van der Waals surface area contributed by atoms with E-state index in [0.717, 1.165) is 44.1 Å². The number of hydrogen-bond donors (Lipinski definition) is 1. The number of urea groups is 1. The minimum absolute atomic E-state index is 0.0138. The Kier molecular flexibility index (Phi) is 7.00. The van der Waals surface area contributed by atoms with Crippen molar-refractivity contribution in [1.82, 2.24) is 10.2 Å². The van der Waals surface area contributed by atoms with E-state index in [2.05, 4.69) is 22.3 Å². The van der Waals surface area contributed by atoms with Gasteiger partial charge in [-0.15, -0.1) is 0 Å². The van der Waals surface area contributed by atoms with Gasteiger partial charge in [-0.3, -0.25) is 0 Å². The molecule has 2 aromatic rings. The first-order chi connectivity index (χ1) is 13.7. The molecule has 1 saturated heterocycles. The summed E-state index contributed by atoms with van der Waals surface area (Å²) in [6.45, 7) is 6.40. The van der Waals surface area contributed by atoms with Gasteiger partial charge in [0.05, 0.1) is 13.7 Å². The largest absolute Gasteiger partial charge is 0.497 e. The third kappa shape index (κ3) is 5.31. The highest BCUT2D eigenvalue weighted by atomic mass is 16.5. The van der Waals surface area contributed by atoms with Crippen molar-refractivity contribution in [3.8, 4) is 11.5 Å². The highest BCUT2D eigenvalue weighted by Gasteiger charge is 2.21. The first kappa shape index (κ1) is 19.9. The quantitative estimate of drug-likeness (QED) is 0.798. The molecule has 6 nitrogen and oxygen atoms in total. The number of carbonyl (C=O) groups excluding carboxylic acids is 1. The van der Waals surface area contributed by atoms with Crippen LogP contribution >= 0.6 is 0 Å². The van der Waals surface area contributed by atoms with Gasteiger partial charge in [-0.05, 0) is 55.3 Å². The minimum Gasteiger partial charge on any atom is -0.497 e. The van der Waals surface area contributed by atoms with Gasteiger partial charge in [0.2, 0.25) is 0 Å². The molecule has 2 aromatic carbocycles. The first-order valence-corrected chi connectivity index (χ1v) is 9.83. The standard InChI is InChI=1S/C22H29N3O3/c1-3-28-21-10-6-19(7-11-21)24-14-16-25(17-15-24)22(26)23-13-12-18-4-8-20(27-2)9-5-18/h4-11H,3,12-17H2,1-2H3,(H,23,26). The molecule has 2 amide bonds. The SMILES string of the molecule is CCOc1ccc(N2CCN(C(=O)NCCc3ccc(OC)cc3)CC2)cc1. The van der Waals surface area contributed by atoms with Crippen molar-refractivity contribution in [2.75, 3.05) is 51.3 Å². The van der Waals surface area contributed by atoms with Crippen LogP contribution in [0.3, 0.4) is 0 Å². The molecule has 1 heterocycles. The summed E-state index contributed by atoms with van der Waals surface area (Å²) in [5.41, 5.74) is 2.35. The van der Waals surface area contributed by atoms with E-state index in [1.807, 2.05) is 48.2 Å². The number of hydrogen-bond acceptors (Lipinski definition) is 4. The second kappa shape index (κ2) is 9.88. The number of ether oxygens (including phenoxy) is 2. The third-order valence-electron chi connectivity index (χ3n) is 4.93. The first-order valence-electron chi connectivity index (χ1n) is 9.83. The minimum atomic E-state index is 0.0138. The molecule has 0 saturated carbocycles. The van der Waals surface area contributed by atoms with Crippen LogP contribution in [0.15, 0.2) is 48.5 Å². The number of amides is 2. The topological polar surface area (TPSA) is 54.0 Å². The second-order valence-corrected chi connectivity index (χ2v) is 6.73. The summed E-state index contributed by atoms with van der Waals surface area (Å²) >= 11 is 0. The van der Waals surface area contributed by atoms with Crippen molar-refractivity contribution in [2.24, 2.45) is 0 Å². The molecule has 0 aliphatic carbocycles. The highest BCUT2D eigenvalue weighted by molar-refractivity contribution is 5.74. The Hall–Kier alpha value is -2.89. The van der Waals surface area contributed by atoms with Crippen molar-refractivity contribution >= 4 is 11.7 Å². The Morgan fingerprint density at radius 3 is 2.21 bits per heavy atom. The van der Waals surface area contributed by atoms with E-state index in [1.165, 1.54) is 11.3 Å². The molecular weight excluding hydrogens is 354 g/mol. The average Bonchev–Trinajstić information content (AvgIpc) is 2.75. The number of rotatable bonds is 7. The van der Waals surface area contributed by atoms with Crippen LogP contribution in [0.1, 0.15) is 12.5 Å². The predicted octanol–water partition coefficient (Wildman–Crippen LogP) is 3.17. The van der Waals surface area contributed by atoms with Crippen LogP contribution in [0.5, 0.6) is 11.5 Å². The maximum Gasteiger partial charge on any atom is 0.317 e. The second-order valence-electron chi connectivity index (χ2n) is 6.73. The van der Waals surface area contributed by atoms with Gasteiger partial charge in [0, 0.05) is 38.4 Å². The molecule has 0 unspecified atom stereocenters. The monoisotopic (exact) mass is 383 g/mol. The number of methoxy groups -OCH3 is 1. The molecule has 1 aliphatic heterocycles. The maximum absolute atomic E-state index is 12.4. The lowest BCUT2D eigenvalue weighted by molar-refractivity contribution is 0.194. The number of nitrogens with zero attached hydrogens (tertiary/aromatic N) is 2. The summed E-state index contributed by atoms with van der Waals surface area (Å²) in [4.78, 5) is 16.6. The summed E-state index contributed by atoms with van der Waals surface area (Å²) in [6.07, 6.45) is 0.807. The smallest absolute Gasteiger partial charge is 0.317 e. The van der Waals surface area contributed by atoms with E-state index in [-0.39, 0.29) is 6.03 Å². The van der Waals surface area contributed by atoms with Crippen LogP contribution in [0.4, 0.5) is 10.5 Å². The lowest BCUT2D eigenvalue weighted by atomic mass is 10.1. The van der Waals surface area contributed by atoms with Gasteiger partial charge < -0.3 is 24.6 Å². The molecule has 28 heavy (non-hydrogen) atoms. The number of benzene rings is 2. The molecule has 3 rings (SSSR count). The molecule has 1 aliphatic rings. The summed E-state index contributed by atoms with van der Waals surface area (Å²) in [7, 11) is 1.66. The Labute approximate surface area is 167 Å². The van der Waals surface area contributed by atoms with E-state index in [4.69, 9.17) is 9.47 Å².